The summed E-state index contributed by atoms with van der Waals surface area (Å²) < 4.78 is 37.9. The molecule has 0 radical (unpaired) electrons. The lowest BCUT2D eigenvalue weighted by Crippen LogP contribution is -2.35. The van der Waals surface area contributed by atoms with Gasteiger partial charge in [0.05, 0.1) is 29.2 Å². The van der Waals surface area contributed by atoms with E-state index in [0.717, 1.165) is 41.3 Å². The van der Waals surface area contributed by atoms with Crippen molar-refractivity contribution in [3.63, 3.8) is 0 Å². The van der Waals surface area contributed by atoms with Gasteiger partial charge in [0.15, 0.2) is 0 Å². The molecule has 0 aliphatic carbocycles. The predicted molar refractivity (Wildman–Crippen MR) is 94.7 cm³/mol. The van der Waals surface area contributed by atoms with Crippen molar-refractivity contribution in [3.8, 4) is 0 Å². The summed E-state index contributed by atoms with van der Waals surface area (Å²) in [6.45, 7) is 3.24. The molecule has 0 spiro atoms. The van der Waals surface area contributed by atoms with E-state index in [-0.39, 0.29) is 6.04 Å². The Morgan fingerprint density at radius 3 is 2.48 bits per heavy atom. The van der Waals surface area contributed by atoms with E-state index in [9.17, 15) is 13.2 Å². The Kier molecular flexibility index (Phi) is 4.81. The molecule has 0 saturated heterocycles. The number of nitrogens with one attached hydrogen (secondary N) is 1. The smallest absolute Gasteiger partial charge is 0.367 e. The molecule has 2 aromatic rings. The van der Waals surface area contributed by atoms with Crippen molar-refractivity contribution in [2.24, 2.45) is 4.99 Å². The van der Waals surface area contributed by atoms with Crippen molar-refractivity contribution in [3.05, 3.63) is 59.7 Å². The van der Waals surface area contributed by atoms with Crippen molar-refractivity contribution >= 4 is 17.1 Å². The molecule has 0 fully saturated rings. The fourth-order valence-corrected chi connectivity index (χ4v) is 2.89. The lowest BCUT2D eigenvalue weighted by molar-refractivity contribution is -0.137. The molecule has 0 saturated carbocycles. The lowest BCUT2D eigenvalue weighted by atomic mass is 10.1. The summed E-state index contributed by atoms with van der Waals surface area (Å²) in [7, 11) is 2.02. The summed E-state index contributed by atoms with van der Waals surface area (Å²) in [6.07, 6.45) is -4.30. The van der Waals surface area contributed by atoms with E-state index in [0.29, 0.717) is 6.54 Å². The van der Waals surface area contributed by atoms with Gasteiger partial charge in [-0.25, -0.2) is 0 Å². The minimum atomic E-state index is -4.30. The summed E-state index contributed by atoms with van der Waals surface area (Å²) in [5, 5.41) is 3.34. The monoisotopic (exact) mass is 347 g/mol. The van der Waals surface area contributed by atoms with Crippen molar-refractivity contribution in [2.45, 2.75) is 19.1 Å². The number of hydrogen-bond acceptors (Lipinski definition) is 3. The van der Waals surface area contributed by atoms with Crippen LogP contribution >= 0.6 is 0 Å². The van der Waals surface area contributed by atoms with Crippen molar-refractivity contribution in [1.82, 2.24) is 5.32 Å². The van der Waals surface area contributed by atoms with E-state index in [1.165, 1.54) is 12.1 Å². The third-order valence-electron chi connectivity index (χ3n) is 4.34. The number of rotatable bonds is 4. The van der Waals surface area contributed by atoms with E-state index in [4.69, 9.17) is 0 Å². The van der Waals surface area contributed by atoms with Crippen molar-refractivity contribution in [1.29, 1.82) is 0 Å². The molecular formula is C19H20F3N3. The Hall–Kier alpha value is -2.34. The van der Waals surface area contributed by atoms with Gasteiger partial charge in [-0.2, -0.15) is 13.2 Å². The highest BCUT2D eigenvalue weighted by Gasteiger charge is 2.30. The SMILES string of the molecule is CC(NCC1=Nc2ccccc2N(C)C1)c1ccc(C(F)(F)F)cc1. The molecule has 0 amide bonds. The van der Waals surface area contributed by atoms with Gasteiger partial charge in [0, 0.05) is 19.6 Å². The first-order valence-electron chi connectivity index (χ1n) is 8.12. The quantitative estimate of drug-likeness (QED) is 0.877. The van der Waals surface area contributed by atoms with Crippen LogP contribution in [-0.4, -0.2) is 25.8 Å². The normalized spacial score (nSPS) is 15.6. The molecular weight excluding hydrogens is 327 g/mol. The van der Waals surface area contributed by atoms with Gasteiger partial charge in [0.25, 0.3) is 0 Å². The number of halogens is 3. The van der Waals surface area contributed by atoms with Crippen LogP contribution in [0.5, 0.6) is 0 Å². The minimum absolute atomic E-state index is 0.0625. The molecule has 1 heterocycles. The van der Waals surface area contributed by atoms with Crippen LogP contribution in [0.4, 0.5) is 24.5 Å². The molecule has 1 unspecified atom stereocenters. The third-order valence-corrected chi connectivity index (χ3v) is 4.34. The highest BCUT2D eigenvalue weighted by Crippen LogP contribution is 2.31. The maximum Gasteiger partial charge on any atom is 0.416 e. The fourth-order valence-electron chi connectivity index (χ4n) is 2.89. The summed E-state index contributed by atoms with van der Waals surface area (Å²) in [4.78, 5) is 6.81. The van der Waals surface area contributed by atoms with Gasteiger partial charge >= 0.3 is 6.18 Å². The Labute approximate surface area is 145 Å². The fraction of sp³-hybridized carbons (Fsp3) is 0.316. The molecule has 1 aliphatic rings. The number of aliphatic imine (C=N–C) groups is 1. The number of nitrogens with zero attached hydrogens (tertiary/aromatic N) is 2. The number of hydrogen-bond donors (Lipinski definition) is 1. The molecule has 25 heavy (non-hydrogen) atoms. The van der Waals surface area contributed by atoms with E-state index in [1.54, 1.807) is 0 Å². The second kappa shape index (κ2) is 6.88. The first-order valence-corrected chi connectivity index (χ1v) is 8.12. The predicted octanol–water partition coefficient (Wildman–Crippen LogP) is 4.58. The molecule has 1 atom stereocenters. The Morgan fingerprint density at radius 2 is 1.80 bits per heavy atom. The Bertz CT molecular complexity index is 766. The molecule has 132 valence electrons. The van der Waals surface area contributed by atoms with E-state index in [1.807, 2.05) is 38.2 Å². The van der Waals surface area contributed by atoms with Crippen LogP contribution < -0.4 is 10.2 Å². The maximum absolute atomic E-state index is 12.6. The molecule has 1 N–H and O–H groups in total. The summed E-state index contributed by atoms with van der Waals surface area (Å²) in [5.41, 5.74) is 3.23. The largest absolute Gasteiger partial charge is 0.416 e. The van der Waals surface area contributed by atoms with Crippen LogP contribution in [0.1, 0.15) is 24.1 Å². The van der Waals surface area contributed by atoms with Crippen LogP contribution in [0.25, 0.3) is 0 Å². The molecule has 6 heteroatoms. The van der Waals surface area contributed by atoms with Gasteiger partial charge in [-0.05, 0) is 36.8 Å². The Balaban J connectivity index is 1.65. The van der Waals surface area contributed by atoms with Crippen LogP contribution in [0.15, 0.2) is 53.5 Å². The van der Waals surface area contributed by atoms with Gasteiger partial charge in [-0.15, -0.1) is 0 Å². The van der Waals surface area contributed by atoms with Crippen LogP contribution in [0.3, 0.4) is 0 Å². The second-order valence-electron chi connectivity index (χ2n) is 6.25. The number of anilines is 1. The highest BCUT2D eigenvalue weighted by molar-refractivity contribution is 5.97. The number of fused-ring (bicyclic) bond motifs is 1. The summed E-state index contributed by atoms with van der Waals surface area (Å²) >= 11 is 0. The standard InChI is InChI=1S/C19H20F3N3/c1-13(14-7-9-15(10-8-14)19(20,21)22)23-11-16-12-25(2)18-6-4-3-5-17(18)24-16/h3-10,13,23H,11-12H2,1-2H3. The second-order valence-corrected chi connectivity index (χ2v) is 6.25. The highest BCUT2D eigenvalue weighted by atomic mass is 19.4. The van der Waals surface area contributed by atoms with Gasteiger partial charge < -0.3 is 10.2 Å². The maximum atomic E-state index is 12.6. The molecule has 2 aromatic carbocycles. The van der Waals surface area contributed by atoms with E-state index >= 15 is 0 Å². The lowest BCUT2D eigenvalue weighted by Gasteiger charge is -2.27. The number of para-hydroxylation sites is 2. The van der Waals surface area contributed by atoms with Crippen LogP contribution in [-0.2, 0) is 6.18 Å². The number of alkyl halides is 3. The van der Waals surface area contributed by atoms with Gasteiger partial charge in [-0.1, -0.05) is 24.3 Å². The van der Waals surface area contributed by atoms with Gasteiger partial charge in [0.1, 0.15) is 0 Å². The molecule has 3 rings (SSSR count). The molecule has 1 aliphatic heterocycles. The minimum Gasteiger partial charge on any atom is -0.367 e. The zero-order chi connectivity index (χ0) is 18.0. The number of benzene rings is 2. The average molecular weight is 347 g/mol. The molecule has 0 aromatic heterocycles. The van der Waals surface area contributed by atoms with Crippen LogP contribution in [0, 0.1) is 0 Å². The topological polar surface area (TPSA) is 27.6 Å². The summed E-state index contributed by atoms with van der Waals surface area (Å²) in [5.74, 6) is 0. The first kappa shape index (κ1) is 17.5. The van der Waals surface area contributed by atoms with Gasteiger partial charge in [-0.3, -0.25) is 4.99 Å². The third kappa shape index (κ3) is 4.02. The van der Waals surface area contributed by atoms with Crippen molar-refractivity contribution < 1.29 is 13.2 Å². The first-order chi connectivity index (χ1) is 11.8. The van der Waals surface area contributed by atoms with Crippen LogP contribution in [0.2, 0.25) is 0 Å². The van der Waals surface area contributed by atoms with Gasteiger partial charge in [0.2, 0.25) is 0 Å². The summed E-state index contributed by atoms with van der Waals surface area (Å²) in [6, 6.07) is 13.2. The average Bonchev–Trinajstić information content (AvgIpc) is 2.59. The zero-order valence-electron chi connectivity index (χ0n) is 14.1. The molecule has 0 bridgehead atoms. The Morgan fingerprint density at radius 1 is 1.12 bits per heavy atom. The van der Waals surface area contributed by atoms with E-state index < -0.39 is 11.7 Å². The molecule has 3 nitrogen and oxygen atoms in total. The van der Waals surface area contributed by atoms with Crippen molar-refractivity contribution in [2.75, 3.05) is 25.0 Å². The van der Waals surface area contributed by atoms with E-state index in [2.05, 4.69) is 15.2 Å². The zero-order valence-corrected chi connectivity index (χ0v) is 14.1.